The number of hydrogen-bond donors (Lipinski definition) is 0. The summed E-state index contributed by atoms with van der Waals surface area (Å²) in [5, 5.41) is 0.475. The minimum Gasteiger partial charge on any atom is -0.480 e. The van der Waals surface area contributed by atoms with Gasteiger partial charge in [-0.1, -0.05) is 11.6 Å². The predicted molar refractivity (Wildman–Crippen MR) is 82.0 cm³/mol. The molecule has 21 heavy (non-hydrogen) atoms. The topological polar surface area (TPSA) is 46.6 Å². The smallest absolute Gasteiger partial charge is 0.263 e. The summed E-state index contributed by atoms with van der Waals surface area (Å²) in [6.07, 6.45) is 2.64. The van der Waals surface area contributed by atoms with Crippen molar-refractivity contribution in [3.63, 3.8) is 0 Å². The maximum atomic E-state index is 12.3. The van der Waals surface area contributed by atoms with Gasteiger partial charge in [0.2, 0.25) is 0 Å². The van der Waals surface area contributed by atoms with E-state index in [1.165, 1.54) is 13.3 Å². The van der Waals surface area contributed by atoms with Crippen molar-refractivity contribution < 1.29 is 14.3 Å². The van der Waals surface area contributed by atoms with Gasteiger partial charge in [0.05, 0.1) is 5.56 Å². The van der Waals surface area contributed by atoms with Crippen LogP contribution >= 0.6 is 11.6 Å². The van der Waals surface area contributed by atoms with E-state index in [0.717, 1.165) is 25.9 Å². The fourth-order valence-electron chi connectivity index (χ4n) is 2.49. The van der Waals surface area contributed by atoms with E-state index < -0.39 is 6.10 Å². The maximum Gasteiger partial charge on any atom is 0.263 e. The number of halogens is 1. The zero-order valence-corrected chi connectivity index (χ0v) is 13.2. The van der Waals surface area contributed by atoms with Crippen LogP contribution in [0.4, 0.5) is 0 Å². The highest BCUT2D eigenvalue weighted by Gasteiger charge is 2.24. The minimum absolute atomic E-state index is 0.0286. The number of benzene rings is 1. The number of ether oxygens (including phenoxy) is 1. The molecule has 1 aliphatic heterocycles. The van der Waals surface area contributed by atoms with Crippen molar-refractivity contribution in [2.75, 3.05) is 13.1 Å². The second kappa shape index (κ2) is 6.94. The first-order chi connectivity index (χ1) is 9.99. The molecule has 2 rings (SSSR count). The van der Waals surface area contributed by atoms with Gasteiger partial charge in [-0.3, -0.25) is 9.59 Å². The Kier molecular flexibility index (Phi) is 5.23. The molecule has 0 bridgehead atoms. The van der Waals surface area contributed by atoms with E-state index in [1.54, 1.807) is 25.1 Å². The summed E-state index contributed by atoms with van der Waals surface area (Å²) >= 11 is 5.90. The molecule has 0 spiro atoms. The molecule has 1 aliphatic rings. The molecule has 4 nitrogen and oxygen atoms in total. The largest absolute Gasteiger partial charge is 0.480 e. The van der Waals surface area contributed by atoms with Gasteiger partial charge in [-0.2, -0.15) is 0 Å². The summed E-state index contributed by atoms with van der Waals surface area (Å²) < 4.78 is 5.71. The predicted octanol–water partition coefficient (Wildman–Crippen LogP) is 3.32. The van der Waals surface area contributed by atoms with E-state index in [1.807, 2.05) is 4.90 Å². The van der Waals surface area contributed by atoms with Crippen molar-refractivity contribution in [1.29, 1.82) is 0 Å². The van der Waals surface area contributed by atoms with Crippen molar-refractivity contribution in [2.24, 2.45) is 0 Å². The lowest BCUT2D eigenvalue weighted by molar-refractivity contribution is -0.138. The van der Waals surface area contributed by atoms with Crippen molar-refractivity contribution in [3.05, 3.63) is 28.8 Å². The van der Waals surface area contributed by atoms with Crippen LogP contribution in [-0.4, -0.2) is 35.8 Å². The van der Waals surface area contributed by atoms with Crippen molar-refractivity contribution in [2.45, 2.75) is 39.2 Å². The van der Waals surface area contributed by atoms with Gasteiger partial charge in [-0.05, 0) is 51.3 Å². The Bertz CT molecular complexity index is 538. The molecule has 5 heteroatoms. The second-order valence-electron chi connectivity index (χ2n) is 5.34. The molecule has 1 amide bonds. The Hall–Kier alpha value is -1.55. The summed E-state index contributed by atoms with van der Waals surface area (Å²) in [4.78, 5) is 25.8. The number of hydrogen-bond acceptors (Lipinski definition) is 3. The Morgan fingerprint density at radius 2 is 1.90 bits per heavy atom. The summed E-state index contributed by atoms with van der Waals surface area (Å²) in [6.45, 7) is 4.74. The van der Waals surface area contributed by atoms with E-state index in [0.29, 0.717) is 16.3 Å². The summed E-state index contributed by atoms with van der Waals surface area (Å²) in [6, 6.07) is 4.86. The summed E-state index contributed by atoms with van der Waals surface area (Å²) in [5.74, 6) is 0.244. The van der Waals surface area contributed by atoms with Gasteiger partial charge >= 0.3 is 0 Å². The highest BCUT2D eigenvalue weighted by Crippen LogP contribution is 2.25. The van der Waals surface area contributed by atoms with Crippen LogP contribution in [0.3, 0.4) is 0 Å². The highest BCUT2D eigenvalue weighted by molar-refractivity contribution is 6.31. The zero-order chi connectivity index (χ0) is 15.4. The Morgan fingerprint density at radius 1 is 1.24 bits per heavy atom. The molecular weight excluding hydrogens is 290 g/mol. The fraction of sp³-hybridized carbons (Fsp3) is 0.500. The number of Topliss-reactive ketones (excluding diaryl/α,β-unsaturated/α-hetero) is 1. The second-order valence-corrected chi connectivity index (χ2v) is 5.78. The normalized spacial score (nSPS) is 16.4. The standard InChI is InChI=1S/C16H20ClNO3/c1-11(19)14-10-13(17)6-7-15(14)21-12(2)16(20)18-8-4-3-5-9-18/h6-7,10,12H,3-5,8-9H2,1-2H3. The van der Waals surface area contributed by atoms with Gasteiger partial charge in [-0.25, -0.2) is 0 Å². The van der Waals surface area contributed by atoms with Crippen LogP contribution in [0.5, 0.6) is 5.75 Å². The first-order valence-electron chi connectivity index (χ1n) is 7.25. The Balaban J connectivity index is 2.10. The number of nitrogens with zero attached hydrogens (tertiary/aromatic N) is 1. The molecule has 114 valence electrons. The van der Waals surface area contributed by atoms with Crippen LogP contribution in [0.25, 0.3) is 0 Å². The van der Waals surface area contributed by atoms with Crippen LogP contribution in [-0.2, 0) is 4.79 Å². The van der Waals surface area contributed by atoms with E-state index >= 15 is 0 Å². The van der Waals surface area contributed by atoms with E-state index in [2.05, 4.69) is 0 Å². The zero-order valence-electron chi connectivity index (χ0n) is 12.4. The lowest BCUT2D eigenvalue weighted by Crippen LogP contribution is -2.43. The summed E-state index contributed by atoms with van der Waals surface area (Å²) in [5.41, 5.74) is 0.404. The molecule has 1 aromatic carbocycles. The molecule has 0 aliphatic carbocycles. The van der Waals surface area contributed by atoms with Crippen LogP contribution in [0.1, 0.15) is 43.5 Å². The number of carbonyl (C=O) groups excluding carboxylic acids is 2. The molecule has 1 fully saturated rings. The Morgan fingerprint density at radius 3 is 2.52 bits per heavy atom. The number of amides is 1. The minimum atomic E-state index is -0.609. The molecule has 0 radical (unpaired) electrons. The van der Waals surface area contributed by atoms with Gasteiger partial charge in [-0.15, -0.1) is 0 Å². The molecule has 1 aromatic rings. The van der Waals surface area contributed by atoms with Gasteiger partial charge in [0.1, 0.15) is 5.75 Å². The van der Waals surface area contributed by atoms with Gasteiger partial charge in [0, 0.05) is 18.1 Å². The number of rotatable bonds is 4. The van der Waals surface area contributed by atoms with E-state index in [4.69, 9.17) is 16.3 Å². The molecule has 1 atom stereocenters. The quantitative estimate of drug-likeness (QED) is 0.802. The average molecular weight is 310 g/mol. The first kappa shape index (κ1) is 15.8. The monoisotopic (exact) mass is 309 g/mol. The van der Waals surface area contributed by atoms with Gasteiger partial charge in [0.25, 0.3) is 5.91 Å². The third kappa shape index (κ3) is 3.97. The fourth-order valence-corrected chi connectivity index (χ4v) is 2.66. The number of carbonyl (C=O) groups is 2. The molecule has 1 heterocycles. The van der Waals surface area contributed by atoms with Gasteiger partial charge in [0.15, 0.2) is 11.9 Å². The number of piperidine rings is 1. The van der Waals surface area contributed by atoms with Crippen molar-refractivity contribution >= 4 is 23.3 Å². The SMILES string of the molecule is CC(=O)c1cc(Cl)ccc1OC(C)C(=O)N1CCCCC1. The van der Waals surface area contributed by atoms with E-state index in [9.17, 15) is 9.59 Å². The average Bonchev–Trinajstić information content (AvgIpc) is 2.49. The third-order valence-electron chi connectivity index (χ3n) is 3.64. The molecular formula is C16H20ClNO3. The molecule has 1 saturated heterocycles. The van der Waals surface area contributed by atoms with E-state index in [-0.39, 0.29) is 11.7 Å². The van der Waals surface area contributed by atoms with Gasteiger partial charge < -0.3 is 9.64 Å². The molecule has 1 unspecified atom stereocenters. The summed E-state index contributed by atoms with van der Waals surface area (Å²) in [7, 11) is 0. The highest BCUT2D eigenvalue weighted by atomic mass is 35.5. The van der Waals surface area contributed by atoms with Crippen LogP contribution in [0.2, 0.25) is 5.02 Å². The molecule has 0 saturated carbocycles. The number of ketones is 1. The Labute approximate surface area is 130 Å². The third-order valence-corrected chi connectivity index (χ3v) is 3.88. The lowest BCUT2D eigenvalue weighted by atomic mass is 10.1. The van der Waals surface area contributed by atoms with Crippen LogP contribution in [0.15, 0.2) is 18.2 Å². The maximum absolute atomic E-state index is 12.3. The lowest BCUT2D eigenvalue weighted by Gasteiger charge is -2.29. The first-order valence-corrected chi connectivity index (χ1v) is 7.63. The molecule has 0 aromatic heterocycles. The number of likely N-dealkylation sites (tertiary alicyclic amines) is 1. The van der Waals surface area contributed by atoms with Crippen molar-refractivity contribution in [3.8, 4) is 5.75 Å². The molecule has 0 N–H and O–H groups in total. The van der Waals surface area contributed by atoms with Crippen LogP contribution in [0, 0.1) is 0 Å². The van der Waals surface area contributed by atoms with Crippen LogP contribution < -0.4 is 4.74 Å². The van der Waals surface area contributed by atoms with Crippen molar-refractivity contribution in [1.82, 2.24) is 4.90 Å².